The molecule has 0 fully saturated rings. The number of carbonyl (C=O) groups is 1. The Hall–Kier alpha value is -2.60. The molecule has 0 atom stereocenters. The molecule has 0 aliphatic heterocycles. The molecule has 0 saturated heterocycles. The van der Waals surface area contributed by atoms with Gasteiger partial charge in [0.05, 0.1) is 29.7 Å². The van der Waals surface area contributed by atoms with Gasteiger partial charge in [0.2, 0.25) is 10.0 Å². The quantitative estimate of drug-likeness (QED) is 0.754. The molecule has 2 aromatic rings. The first-order chi connectivity index (χ1) is 12.3. The Balaban J connectivity index is 2.23. The molecule has 0 heterocycles. The van der Waals surface area contributed by atoms with Crippen molar-refractivity contribution in [3.8, 4) is 11.8 Å². The third-order valence-electron chi connectivity index (χ3n) is 3.51. The van der Waals surface area contributed by atoms with Crippen LogP contribution < -0.4 is 9.46 Å². The molecular formula is C17H15ClN2O5S. The fourth-order valence-corrected chi connectivity index (χ4v) is 3.48. The summed E-state index contributed by atoms with van der Waals surface area (Å²) in [5.74, 6) is -0.271. The number of nitriles is 1. The highest BCUT2D eigenvalue weighted by molar-refractivity contribution is 7.89. The number of esters is 1. The third-order valence-corrected chi connectivity index (χ3v) is 5.22. The minimum absolute atomic E-state index is 0.0489. The molecule has 9 heteroatoms. The number of nitrogens with zero attached hydrogens (tertiary/aromatic N) is 1. The van der Waals surface area contributed by atoms with Crippen LogP contribution in [0, 0.1) is 11.3 Å². The summed E-state index contributed by atoms with van der Waals surface area (Å²) < 4.78 is 37.0. The van der Waals surface area contributed by atoms with Crippen LogP contribution in [0.2, 0.25) is 5.02 Å². The molecule has 7 nitrogen and oxygen atoms in total. The minimum atomic E-state index is -3.85. The number of methoxy groups -OCH3 is 2. The van der Waals surface area contributed by atoms with E-state index < -0.39 is 16.0 Å². The lowest BCUT2D eigenvalue weighted by atomic mass is 10.1. The summed E-state index contributed by atoms with van der Waals surface area (Å²) in [7, 11) is -1.19. The SMILES string of the molecule is COC(=O)c1cc(CNS(=O)(=O)c2ccc(C#N)c(Cl)c2)ccc1OC. The normalized spacial score (nSPS) is 10.8. The number of nitrogens with one attached hydrogen (secondary N) is 1. The predicted octanol–water partition coefficient (Wildman–Crippen LogP) is 2.49. The van der Waals surface area contributed by atoms with Crippen LogP contribution >= 0.6 is 11.6 Å². The van der Waals surface area contributed by atoms with E-state index >= 15 is 0 Å². The second-order valence-electron chi connectivity index (χ2n) is 5.10. The number of carbonyl (C=O) groups excluding carboxylic acids is 1. The summed E-state index contributed by atoms with van der Waals surface area (Å²) >= 11 is 5.88. The zero-order valence-electron chi connectivity index (χ0n) is 13.9. The van der Waals surface area contributed by atoms with Gasteiger partial charge in [0.25, 0.3) is 0 Å². The van der Waals surface area contributed by atoms with Gasteiger partial charge in [-0.25, -0.2) is 17.9 Å². The van der Waals surface area contributed by atoms with E-state index in [1.807, 2.05) is 6.07 Å². The Bertz CT molecular complexity index is 983. The fourth-order valence-electron chi connectivity index (χ4n) is 2.15. The lowest BCUT2D eigenvalue weighted by Gasteiger charge is -2.11. The number of sulfonamides is 1. The second kappa shape index (κ2) is 8.19. The van der Waals surface area contributed by atoms with Gasteiger partial charge in [-0.2, -0.15) is 5.26 Å². The van der Waals surface area contributed by atoms with E-state index in [-0.39, 0.29) is 27.6 Å². The number of ether oxygens (including phenoxy) is 2. The van der Waals surface area contributed by atoms with Crippen LogP contribution in [0.25, 0.3) is 0 Å². The van der Waals surface area contributed by atoms with Crippen molar-refractivity contribution in [1.29, 1.82) is 5.26 Å². The first-order valence-electron chi connectivity index (χ1n) is 7.27. The van der Waals surface area contributed by atoms with Gasteiger partial charge in [0.15, 0.2) is 0 Å². The van der Waals surface area contributed by atoms with E-state index in [1.54, 1.807) is 12.1 Å². The predicted molar refractivity (Wildman–Crippen MR) is 94.5 cm³/mol. The van der Waals surface area contributed by atoms with Crippen molar-refractivity contribution in [2.75, 3.05) is 14.2 Å². The van der Waals surface area contributed by atoms with E-state index in [1.165, 1.54) is 38.5 Å². The smallest absolute Gasteiger partial charge is 0.341 e. The van der Waals surface area contributed by atoms with Gasteiger partial charge >= 0.3 is 5.97 Å². The van der Waals surface area contributed by atoms with Crippen LogP contribution in [0.15, 0.2) is 41.3 Å². The molecule has 0 unspecified atom stereocenters. The molecule has 0 spiro atoms. The van der Waals surface area contributed by atoms with Crippen molar-refractivity contribution in [3.63, 3.8) is 0 Å². The van der Waals surface area contributed by atoms with Crippen molar-refractivity contribution >= 4 is 27.6 Å². The highest BCUT2D eigenvalue weighted by atomic mass is 35.5. The van der Waals surface area contributed by atoms with Gasteiger partial charge < -0.3 is 9.47 Å². The highest BCUT2D eigenvalue weighted by Gasteiger charge is 2.17. The van der Waals surface area contributed by atoms with Gasteiger partial charge in [-0.05, 0) is 35.9 Å². The summed E-state index contributed by atoms with van der Waals surface area (Å²) in [6.07, 6.45) is 0. The number of halogens is 1. The first kappa shape index (κ1) is 19.7. The maximum Gasteiger partial charge on any atom is 0.341 e. The average Bonchev–Trinajstić information content (AvgIpc) is 2.65. The van der Waals surface area contributed by atoms with Gasteiger partial charge in [0, 0.05) is 6.54 Å². The third kappa shape index (κ3) is 4.32. The molecule has 136 valence electrons. The molecule has 1 N–H and O–H groups in total. The van der Waals surface area contributed by atoms with Crippen molar-refractivity contribution in [3.05, 3.63) is 58.1 Å². The molecule has 26 heavy (non-hydrogen) atoms. The van der Waals surface area contributed by atoms with Gasteiger partial charge in [0.1, 0.15) is 17.4 Å². The standard InChI is InChI=1S/C17H15ClN2O5S/c1-24-16-6-3-11(7-14(16)17(21)25-2)10-20-26(22,23)13-5-4-12(9-19)15(18)8-13/h3-8,20H,10H2,1-2H3. The zero-order valence-corrected chi connectivity index (χ0v) is 15.5. The van der Waals surface area contributed by atoms with E-state index in [0.29, 0.717) is 11.3 Å². The van der Waals surface area contributed by atoms with Crippen LogP contribution in [0.3, 0.4) is 0 Å². The Morgan fingerprint density at radius 2 is 1.96 bits per heavy atom. The van der Waals surface area contributed by atoms with E-state index in [9.17, 15) is 13.2 Å². The number of benzene rings is 2. The molecule has 0 aromatic heterocycles. The summed E-state index contributed by atoms with van der Waals surface area (Å²) in [6.45, 7) is -0.0616. The fraction of sp³-hybridized carbons (Fsp3) is 0.176. The Kier molecular flexibility index (Phi) is 6.21. The topological polar surface area (TPSA) is 105 Å². The van der Waals surface area contributed by atoms with Crippen molar-refractivity contribution in [2.24, 2.45) is 0 Å². The van der Waals surface area contributed by atoms with Crippen LogP contribution in [0.1, 0.15) is 21.5 Å². The van der Waals surface area contributed by atoms with Crippen molar-refractivity contribution in [2.45, 2.75) is 11.4 Å². The number of hydrogen-bond donors (Lipinski definition) is 1. The molecule has 2 aromatic carbocycles. The summed E-state index contributed by atoms with van der Waals surface area (Å²) in [4.78, 5) is 11.7. The molecule has 0 aliphatic rings. The van der Waals surface area contributed by atoms with E-state index in [4.69, 9.17) is 21.6 Å². The Morgan fingerprint density at radius 3 is 2.54 bits per heavy atom. The number of rotatable bonds is 6. The van der Waals surface area contributed by atoms with Crippen molar-refractivity contribution < 1.29 is 22.7 Å². The number of hydrogen-bond acceptors (Lipinski definition) is 6. The van der Waals surface area contributed by atoms with Gasteiger partial charge in [-0.15, -0.1) is 0 Å². The molecule has 0 aliphatic carbocycles. The van der Waals surface area contributed by atoms with Crippen LogP contribution in [0.5, 0.6) is 5.75 Å². The highest BCUT2D eigenvalue weighted by Crippen LogP contribution is 2.22. The molecule has 0 radical (unpaired) electrons. The average molecular weight is 395 g/mol. The maximum atomic E-state index is 12.4. The Morgan fingerprint density at radius 1 is 1.23 bits per heavy atom. The largest absolute Gasteiger partial charge is 0.496 e. The lowest BCUT2D eigenvalue weighted by molar-refractivity contribution is 0.0597. The van der Waals surface area contributed by atoms with Crippen LogP contribution in [0.4, 0.5) is 0 Å². The molecule has 0 amide bonds. The molecule has 2 rings (SSSR count). The summed E-state index contributed by atoms with van der Waals surface area (Å²) in [5.41, 5.74) is 0.908. The lowest BCUT2D eigenvalue weighted by Crippen LogP contribution is -2.23. The first-order valence-corrected chi connectivity index (χ1v) is 9.13. The van der Waals surface area contributed by atoms with Crippen LogP contribution in [-0.4, -0.2) is 28.6 Å². The monoisotopic (exact) mass is 394 g/mol. The zero-order chi connectivity index (χ0) is 19.3. The summed E-state index contributed by atoms with van der Waals surface area (Å²) in [6, 6.07) is 10.4. The van der Waals surface area contributed by atoms with E-state index in [2.05, 4.69) is 9.46 Å². The molecule has 0 bridgehead atoms. The molecule has 0 saturated carbocycles. The van der Waals surface area contributed by atoms with E-state index in [0.717, 1.165) is 0 Å². The van der Waals surface area contributed by atoms with Gasteiger partial charge in [-0.1, -0.05) is 17.7 Å². The summed E-state index contributed by atoms with van der Waals surface area (Å²) in [5, 5.41) is 8.90. The Labute approximate surface area is 156 Å². The minimum Gasteiger partial charge on any atom is -0.496 e. The van der Waals surface area contributed by atoms with Crippen molar-refractivity contribution in [1.82, 2.24) is 4.72 Å². The maximum absolute atomic E-state index is 12.4. The van der Waals surface area contributed by atoms with Crippen LogP contribution in [-0.2, 0) is 21.3 Å². The second-order valence-corrected chi connectivity index (χ2v) is 7.28. The van der Waals surface area contributed by atoms with Gasteiger partial charge in [-0.3, -0.25) is 0 Å². The molecular weight excluding hydrogens is 380 g/mol.